The molecule has 1 aromatic carbocycles. The number of non-ortho nitro benzene ring substituents is 1. The van der Waals surface area contributed by atoms with Crippen molar-refractivity contribution >= 4 is 17.3 Å². The summed E-state index contributed by atoms with van der Waals surface area (Å²) in [5.41, 5.74) is 1.17. The maximum absolute atomic E-state index is 10.4. The number of nitrogens with zero attached hydrogens (tertiary/aromatic N) is 2. The predicted octanol–water partition coefficient (Wildman–Crippen LogP) is 2.27. The van der Waals surface area contributed by atoms with Crippen molar-refractivity contribution in [3.63, 3.8) is 0 Å². The van der Waals surface area contributed by atoms with E-state index in [-0.39, 0.29) is 5.69 Å². The number of hydrogen-bond acceptors (Lipinski definition) is 3. The molecule has 0 unspecified atom stereocenters. The van der Waals surface area contributed by atoms with Crippen LogP contribution in [0.25, 0.3) is 0 Å². The Morgan fingerprint density at radius 3 is 2.47 bits per heavy atom. The van der Waals surface area contributed by atoms with E-state index in [0.717, 1.165) is 18.7 Å². The van der Waals surface area contributed by atoms with E-state index >= 15 is 0 Å². The number of alkyl halides is 1. The number of nitro groups is 1. The molecule has 0 amide bonds. The van der Waals surface area contributed by atoms with Crippen LogP contribution in [0, 0.1) is 10.1 Å². The minimum Gasteiger partial charge on any atom is -0.301 e. The molecule has 0 atom stereocenters. The van der Waals surface area contributed by atoms with Gasteiger partial charge in [0, 0.05) is 31.1 Å². The molecule has 0 bridgehead atoms. The van der Waals surface area contributed by atoms with Crippen molar-refractivity contribution in [2.24, 2.45) is 0 Å². The highest BCUT2D eigenvalue weighted by Gasteiger charge is 2.05. The summed E-state index contributed by atoms with van der Waals surface area (Å²) < 4.78 is 0. The van der Waals surface area contributed by atoms with Gasteiger partial charge in [-0.25, -0.2) is 0 Å². The van der Waals surface area contributed by atoms with Gasteiger partial charge in [0.25, 0.3) is 5.69 Å². The quantitative estimate of drug-likeness (QED) is 0.441. The van der Waals surface area contributed by atoms with Gasteiger partial charge in [-0.1, -0.05) is 12.1 Å². The molecule has 0 aromatic heterocycles. The van der Waals surface area contributed by atoms with Gasteiger partial charge in [0.2, 0.25) is 0 Å². The molecule has 0 N–H and O–H groups in total. The highest BCUT2D eigenvalue weighted by atomic mass is 35.5. The van der Waals surface area contributed by atoms with Gasteiger partial charge in [0.1, 0.15) is 0 Å². The van der Waals surface area contributed by atoms with Crippen LogP contribution < -0.4 is 0 Å². The maximum atomic E-state index is 10.4. The first kappa shape index (κ1) is 11.9. The Kier molecular flexibility index (Phi) is 4.52. The first-order valence-electron chi connectivity index (χ1n) is 4.61. The first-order valence-corrected chi connectivity index (χ1v) is 5.15. The topological polar surface area (TPSA) is 46.4 Å². The Balaban J connectivity index is 2.60. The van der Waals surface area contributed by atoms with E-state index < -0.39 is 4.92 Å². The number of halogens is 1. The van der Waals surface area contributed by atoms with Gasteiger partial charge in [0.05, 0.1) is 4.92 Å². The average Bonchev–Trinajstić information content (AvgIpc) is 2.18. The molecule has 0 saturated heterocycles. The highest BCUT2D eigenvalue weighted by molar-refractivity contribution is 6.18. The van der Waals surface area contributed by atoms with Gasteiger partial charge in [-0.2, -0.15) is 0 Å². The summed E-state index contributed by atoms with van der Waals surface area (Å²) in [5.74, 6) is 0.587. The average molecular weight is 229 g/mol. The van der Waals surface area contributed by atoms with Crippen LogP contribution in [0.3, 0.4) is 0 Å². The lowest BCUT2D eigenvalue weighted by molar-refractivity contribution is -0.384. The molecule has 0 spiro atoms. The van der Waals surface area contributed by atoms with Crippen LogP contribution in [0.5, 0.6) is 0 Å². The summed E-state index contributed by atoms with van der Waals surface area (Å²) in [6, 6.07) is 6.57. The zero-order chi connectivity index (χ0) is 11.3. The molecule has 5 heteroatoms. The third kappa shape index (κ3) is 3.85. The van der Waals surface area contributed by atoms with Gasteiger partial charge in [-0.3, -0.25) is 10.1 Å². The molecule has 4 nitrogen and oxygen atoms in total. The van der Waals surface area contributed by atoms with Crippen molar-refractivity contribution in [3.8, 4) is 0 Å². The molecule has 0 aliphatic rings. The number of nitro benzene ring substituents is 1. The van der Waals surface area contributed by atoms with Crippen LogP contribution in [0.4, 0.5) is 5.69 Å². The summed E-state index contributed by atoms with van der Waals surface area (Å²) in [4.78, 5) is 12.1. The normalized spacial score (nSPS) is 10.6. The molecular formula is C10H13ClN2O2. The molecule has 15 heavy (non-hydrogen) atoms. The summed E-state index contributed by atoms with van der Waals surface area (Å²) in [6.45, 7) is 1.56. The lowest BCUT2D eigenvalue weighted by atomic mass is 10.2. The fourth-order valence-electron chi connectivity index (χ4n) is 1.26. The zero-order valence-electron chi connectivity index (χ0n) is 8.52. The predicted molar refractivity (Wildman–Crippen MR) is 60.2 cm³/mol. The second-order valence-corrected chi connectivity index (χ2v) is 3.73. The van der Waals surface area contributed by atoms with Crippen molar-refractivity contribution in [1.29, 1.82) is 0 Å². The van der Waals surface area contributed by atoms with Crippen molar-refractivity contribution in [3.05, 3.63) is 39.9 Å². The van der Waals surface area contributed by atoms with Crippen LogP contribution in [-0.4, -0.2) is 29.3 Å². The monoisotopic (exact) mass is 228 g/mol. The fourth-order valence-corrected chi connectivity index (χ4v) is 1.55. The molecule has 0 fully saturated rings. The third-order valence-corrected chi connectivity index (χ3v) is 2.23. The van der Waals surface area contributed by atoms with Gasteiger partial charge in [0.15, 0.2) is 0 Å². The standard InChI is InChI=1S/C10H13ClN2O2/c1-12(7-6-11)8-9-2-4-10(5-3-9)13(14)15/h2-5H,6-8H2,1H3. The lowest BCUT2D eigenvalue weighted by Crippen LogP contribution is -2.19. The molecule has 82 valence electrons. The molecule has 0 radical (unpaired) electrons. The van der Waals surface area contributed by atoms with E-state index in [4.69, 9.17) is 11.6 Å². The minimum absolute atomic E-state index is 0.124. The molecule has 0 aliphatic heterocycles. The molecule has 0 saturated carbocycles. The highest BCUT2D eigenvalue weighted by Crippen LogP contribution is 2.12. The third-order valence-electron chi connectivity index (χ3n) is 2.07. The van der Waals surface area contributed by atoms with Crippen LogP contribution in [-0.2, 0) is 6.54 Å². The van der Waals surface area contributed by atoms with Crippen molar-refractivity contribution in [1.82, 2.24) is 4.90 Å². The molecule has 1 rings (SSSR count). The molecule has 1 aromatic rings. The Labute approximate surface area is 93.6 Å². The van der Waals surface area contributed by atoms with Crippen LogP contribution in [0.1, 0.15) is 5.56 Å². The Hall–Kier alpha value is -1.13. The van der Waals surface area contributed by atoms with E-state index in [1.807, 2.05) is 7.05 Å². The minimum atomic E-state index is -0.397. The number of rotatable bonds is 5. The molecule has 0 heterocycles. The van der Waals surface area contributed by atoms with E-state index in [2.05, 4.69) is 4.90 Å². The van der Waals surface area contributed by atoms with E-state index in [1.165, 1.54) is 12.1 Å². The second kappa shape index (κ2) is 5.68. The first-order chi connectivity index (χ1) is 7.13. The number of benzene rings is 1. The fraction of sp³-hybridized carbons (Fsp3) is 0.400. The van der Waals surface area contributed by atoms with Crippen molar-refractivity contribution in [2.45, 2.75) is 6.54 Å². The van der Waals surface area contributed by atoms with Crippen LogP contribution in [0.15, 0.2) is 24.3 Å². The Morgan fingerprint density at radius 1 is 1.40 bits per heavy atom. The summed E-state index contributed by atoms with van der Waals surface area (Å²) in [6.07, 6.45) is 0. The molecular weight excluding hydrogens is 216 g/mol. The maximum Gasteiger partial charge on any atom is 0.269 e. The second-order valence-electron chi connectivity index (χ2n) is 3.35. The van der Waals surface area contributed by atoms with Gasteiger partial charge < -0.3 is 4.90 Å². The van der Waals surface area contributed by atoms with Gasteiger partial charge in [-0.15, -0.1) is 11.6 Å². The van der Waals surface area contributed by atoms with Crippen LogP contribution in [0.2, 0.25) is 0 Å². The summed E-state index contributed by atoms with van der Waals surface area (Å²) in [7, 11) is 1.96. The number of hydrogen-bond donors (Lipinski definition) is 0. The van der Waals surface area contributed by atoms with E-state index in [1.54, 1.807) is 12.1 Å². The van der Waals surface area contributed by atoms with Gasteiger partial charge in [-0.05, 0) is 12.6 Å². The van der Waals surface area contributed by atoms with Crippen molar-refractivity contribution in [2.75, 3.05) is 19.5 Å². The SMILES string of the molecule is CN(CCCl)Cc1ccc([N+](=O)[O-])cc1. The summed E-state index contributed by atoms with van der Waals surface area (Å²) >= 11 is 5.60. The van der Waals surface area contributed by atoms with Gasteiger partial charge >= 0.3 is 0 Å². The Bertz CT molecular complexity index is 327. The Morgan fingerprint density at radius 2 is 2.00 bits per heavy atom. The molecule has 0 aliphatic carbocycles. The van der Waals surface area contributed by atoms with Crippen molar-refractivity contribution < 1.29 is 4.92 Å². The lowest BCUT2D eigenvalue weighted by Gasteiger charge is -2.14. The summed E-state index contributed by atoms with van der Waals surface area (Å²) in [5, 5.41) is 10.4. The van der Waals surface area contributed by atoms with Crippen LogP contribution >= 0.6 is 11.6 Å². The largest absolute Gasteiger partial charge is 0.301 e. The van der Waals surface area contributed by atoms with E-state index in [9.17, 15) is 10.1 Å². The van der Waals surface area contributed by atoms with E-state index in [0.29, 0.717) is 5.88 Å². The zero-order valence-corrected chi connectivity index (χ0v) is 9.28. The smallest absolute Gasteiger partial charge is 0.269 e.